The molecule has 5 aromatic rings. The Balaban J connectivity index is 1.22. The van der Waals surface area contributed by atoms with Gasteiger partial charge in [-0.3, -0.25) is 24.1 Å². The summed E-state index contributed by atoms with van der Waals surface area (Å²) >= 11 is 16.1. The maximum Gasteiger partial charge on any atom is 0.261 e. The number of aliphatic hydroxyl groups is 1. The van der Waals surface area contributed by atoms with Crippen molar-refractivity contribution in [3.8, 4) is 28.7 Å². The Hall–Kier alpha value is -5.60. The first kappa shape index (κ1) is 44.0. The van der Waals surface area contributed by atoms with E-state index in [9.17, 15) is 24.3 Å². The summed E-state index contributed by atoms with van der Waals surface area (Å²) < 4.78 is 23.2. The molecule has 1 heterocycles. The zero-order valence-electron chi connectivity index (χ0n) is 32.7. The quantitative estimate of drug-likeness (QED) is 0.0794. The summed E-state index contributed by atoms with van der Waals surface area (Å²) in [6, 6.07) is 30.4. The molecule has 1 unspecified atom stereocenters. The number of imide groups is 1. The summed E-state index contributed by atoms with van der Waals surface area (Å²) in [6.45, 7) is -0.709. The molecule has 0 saturated heterocycles. The molecular weight excluding hydrogens is 877 g/mol. The Labute approximate surface area is 366 Å². The fourth-order valence-electron chi connectivity index (χ4n) is 6.69. The number of para-hydroxylation sites is 1. The lowest BCUT2D eigenvalue weighted by atomic mass is 10.00. The van der Waals surface area contributed by atoms with Crippen LogP contribution < -0.4 is 24.3 Å². The van der Waals surface area contributed by atoms with Crippen molar-refractivity contribution in [1.29, 1.82) is 0 Å². The standard InChI is InChI=1S/C45H42BrCl2N3O9/c1-57-40-24-35(46)39(25-41(40)58-2)59-27-42(53)49-37(22-28-9-8-12-32(21-28)60-31-10-4-3-5-11-31)38(52)26-50(19-17-29-15-16-30(47)23-36(29)48)43(54)18-20-51-44(55)33-13-6-7-14-34(33)45(51)56/h3-16,21,23-25,37-38,52H,17-20,22,26-27H2,1-2H3,(H,49,53)/t37?,38-/m0/s1. The Kier molecular flexibility index (Phi) is 15.1. The van der Waals surface area contributed by atoms with E-state index in [0.29, 0.717) is 55.2 Å². The molecule has 0 bridgehead atoms. The number of hydrogen-bond donors (Lipinski definition) is 2. The summed E-state index contributed by atoms with van der Waals surface area (Å²) in [4.78, 5) is 56.4. The monoisotopic (exact) mass is 917 g/mol. The minimum Gasteiger partial charge on any atom is -0.493 e. The number of benzene rings is 5. The molecular formula is C45H42BrCl2N3O9. The maximum atomic E-state index is 14.1. The normalized spacial score (nSPS) is 13.0. The number of rotatable bonds is 19. The van der Waals surface area contributed by atoms with Crippen molar-refractivity contribution in [1.82, 2.24) is 15.1 Å². The van der Waals surface area contributed by atoms with Crippen molar-refractivity contribution >= 4 is 62.8 Å². The van der Waals surface area contributed by atoms with Gasteiger partial charge in [0.25, 0.3) is 17.7 Å². The van der Waals surface area contributed by atoms with E-state index in [1.54, 1.807) is 60.7 Å². The van der Waals surface area contributed by atoms with E-state index in [4.69, 9.17) is 42.1 Å². The Morgan fingerprint density at radius 1 is 0.817 bits per heavy atom. The van der Waals surface area contributed by atoms with E-state index in [0.717, 1.165) is 10.5 Å². The molecule has 312 valence electrons. The van der Waals surface area contributed by atoms with E-state index in [2.05, 4.69) is 21.2 Å². The summed E-state index contributed by atoms with van der Waals surface area (Å²) in [6.07, 6.45) is -1.09. The molecule has 2 atom stereocenters. The van der Waals surface area contributed by atoms with Gasteiger partial charge in [0.15, 0.2) is 18.1 Å². The molecule has 2 N–H and O–H groups in total. The summed E-state index contributed by atoms with van der Waals surface area (Å²) in [5.41, 5.74) is 2.00. The van der Waals surface area contributed by atoms with Gasteiger partial charge in [-0.25, -0.2) is 0 Å². The highest BCUT2D eigenvalue weighted by Gasteiger charge is 2.36. The van der Waals surface area contributed by atoms with Gasteiger partial charge in [0.05, 0.1) is 42.0 Å². The van der Waals surface area contributed by atoms with E-state index in [1.807, 2.05) is 48.5 Å². The van der Waals surface area contributed by atoms with E-state index in [-0.39, 0.29) is 43.6 Å². The number of nitrogens with one attached hydrogen (secondary N) is 1. The van der Waals surface area contributed by atoms with Crippen molar-refractivity contribution in [2.75, 3.05) is 40.5 Å². The second kappa shape index (κ2) is 20.6. The number of carbonyl (C=O) groups excluding carboxylic acids is 4. The van der Waals surface area contributed by atoms with Crippen LogP contribution in [0.2, 0.25) is 10.0 Å². The molecule has 0 radical (unpaired) electrons. The van der Waals surface area contributed by atoms with Crippen molar-refractivity contribution < 1.29 is 43.2 Å². The van der Waals surface area contributed by atoms with Crippen molar-refractivity contribution in [2.45, 2.75) is 31.4 Å². The zero-order valence-corrected chi connectivity index (χ0v) is 35.8. The Bertz CT molecular complexity index is 2310. The lowest BCUT2D eigenvalue weighted by molar-refractivity contribution is -0.133. The fourth-order valence-corrected chi connectivity index (χ4v) is 7.63. The van der Waals surface area contributed by atoms with Crippen molar-refractivity contribution in [3.63, 3.8) is 0 Å². The van der Waals surface area contributed by atoms with Crippen LogP contribution in [-0.4, -0.2) is 91.1 Å². The fraction of sp³-hybridized carbons (Fsp3) is 0.244. The third kappa shape index (κ3) is 11.2. The molecule has 0 fully saturated rings. The largest absolute Gasteiger partial charge is 0.493 e. The Morgan fingerprint density at radius 2 is 1.48 bits per heavy atom. The highest BCUT2D eigenvalue weighted by atomic mass is 79.9. The van der Waals surface area contributed by atoms with Crippen LogP contribution in [0.4, 0.5) is 0 Å². The first-order valence-electron chi connectivity index (χ1n) is 18.9. The summed E-state index contributed by atoms with van der Waals surface area (Å²) in [5, 5.41) is 15.8. The first-order valence-corrected chi connectivity index (χ1v) is 20.5. The third-order valence-electron chi connectivity index (χ3n) is 9.79. The molecule has 15 heteroatoms. The topological polar surface area (TPSA) is 144 Å². The third-order valence-corrected chi connectivity index (χ3v) is 11.0. The van der Waals surface area contributed by atoms with Crippen LogP contribution in [0.5, 0.6) is 28.7 Å². The zero-order chi connectivity index (χ0) is 42.8. The van der Waals surface area contributed by atoms with E-state index >= 15 is 0 Å². The second-order valence-corrected chi connectivity index (χ2v) is 15.5. The average molecular weight is 920 g/mol. The molecule has 12 nitrogen and oxygen atoms in total. The number of hydrogen-bond acceptors (Lipinski definition) is 9. The molecule has 4 amide bonds. The number of halogens is 3. The second-order valence-electron chi connectivity index (χ2n) is 13.8. The van der Waals surface area contributed by atoms with Gasteiger partial charge >= 0.3 is 0 Å². The predicted octanol–water partition coefficient (Wildman–Crippen LogP) is 7.79. The molecule has 1 aliphatic rings. The van der Waals surface area contributed by atoms with Gasteiger partial charge < -0.3 is 34.3 Å². The van der Waals surface area contributed by atoms with Crippen LogP contribution in [0, 0.1) is 0 Å². The van der Waals surface area contributed by atoms with Crippen LogP contribution in [0.3, 0.4) is 0 Å². The van der Waals surface area contributed by atoms with Gasteiger partial charge in [0, 0.05) is 48.2 Å². The van der Waals surface area contributed by atoms with Crippen LogP contribution in [-0.2, 0) is 22.4 Å². The van der Waals surface area contributed by atoms with Crippen LogP contribution in [0.15, 0.2) is 114 Å². The number of fused-ring (bicyclic) bond motifs is 1. The van der Waals surface area contributed by atoms with Crippen molar-refractivity contribution in [2.24, 2.45) is 0 Å². The molecule has 1 aliphatic heterocycles. The molecule has 0 aromatic heterocycles. The van der Waals surface area contributed by atoms with Gasteiger partial charge in [-0.1, -0.05) is 71.7 Å². The molecule has 6 rings (SSSR count). The van der Waals surface area contributed by atoms with Crippen LogP contribution >= 0.6 is 39.1 Å². The average Bonchev–Trinajstić information content (AvgIpc) is 3.49. The first-order chi connectivity index (χ1) is 28.9. The predicted molar refractivity (Wildman–Crippen MR) is 231 cm³/mol. The molecule has 0 aliphatic carbocycles. The molecule has 0 saturated carbocycles. The van der Waals surface area contributed by atoms with Gasteiger partial charge in [0.1, 0.15) is 17.2 Å². The number of ether oxygens (including phenoxy) is 4. The number of methoxy groups -OCH3 is 2. The lowest BCUT2D eigenvalue weighted by Crippen LogP contribution is -2.52. The maximum absolute atomic E-state index is 14.1. The summed E-state index contributed by atoms with van der Waals surface area (Å²) in [7, 11) is 2.99. The number of amides is 4. The van der Waals surface area contributed by atoms with Crippen molar-refractivity contribution in [3.05, 3.63) is 146 Å². The highest BCUT2D eigenvalue weighted by Crippen LogP contribution is 2.37. The smallest absolute Gasteiger partial charge is 0.261 e. The number of aliphatic hydroxyl groups excluding tert-OH is 1. The number of carbonyl (C=O) groups is 4. The van der Waals surface area contributed by atoms with Crippen LogP contribution in [0.25, 0.3) is 0 Å². The van der Waals surface area contributed by atoms with E-state index in [1.165, 1.54) is 19.1 Å². The Morgan fingerprint density at radius 3 is 2.17 bits per heavy atom. The minimum absolute atomic E-state index is 0.108. The minimum atomic E-state index is -1.32. The summed E-state index contributed by atoms with van der Waals surface area (Å²) in [5.74, 6) is 0.423. The van der Waals surface area contributed by atoms with E-state index < -0.39 is 42.4 Å². The highest BCUT2D eigenvalue weighted by molar-refractivity contribution is 9.10. The van der Waals surface area contributed by atoms with Gasteiger partial charge in [-0.15, -0.1) is 0 Å². The lowest BCUT2D eigenvalue weighted by Gasteiger charge is -2.31. The van der Waals surface area contributed by atoms with Gasteiger partial charge in [0.2, 0.25) is 5.91 Å². The van der Waals surface area contributed by atoms with Gasteiger partial charge in [-0.2, -0.15) is 0 Å². The molecule has 60 heavy (non-hydrogen) atoms. The molecule has 0 spiro atoms. The van der Waals surface area contributed by atoms with Gasteiger partial charge in [-0.05, 0) is 88.4 Å². The number of nitrogens with zero attached hydrogens (tertiary/aromatic N) is 2. The van der Waals surface area contributed by atoms with Crippen LogP contribution in [0.1, 0.15) is 38.3 Å². The SMILES string of the molecule is COc1cc(Br)c(OCC(=O)NC(Cc2cccc(Oc3ccccc3)c2)[C@@H](O)CN(CCc2ccc(Cl)cc2Cl)C(=O)CCN2C(=O)c3ccccc3C2=O)cc1OC. The molecule has 5 aromatic carbocycles.